The van der Waals surface area contributed by atoms with Crippen molar-refractivity contribution in [1.29, 1.82) is 0 Å². The molecule has 0 unspecified atom stereocenters. The number of nitrogens with zero attached hydrogens (tertiary/aromatic N) is 1. The Bertz CT molecular complexity index is 318. The maximum atomic E-state index is 11.7. The number of nitrogens with one attached hydrogen (secondary N) is 2. The molecule has 5 heteroatoms. The van der Waals surface area contributed by atoms with E-state index in [-0.39, 0.29) is 11.8 Å². The normalized spacial score (nSPS) is 17.2. The predicted octanol–water partition coefficient (Wildman–Crippen LogP) is 0.495. The van der Waals surface area contributed by atoms with Crippen LogP contribution >= 0.6 is 0 Å². The minimum absolute atomic E-state index is 0.135. The molecule has 0 bridgehead atoms. The van der Waals surface area contributed by atoms with Gasteiger partial charge in [-0.05, 0) is 12.8 Å². The zero-order valence-electron chi connectivity index (χ0n) is 9.24. The van der Waals surface area contributed by atoms with E-state index in [1.54, 1.807) is 12.5 Å². The highest BCUT2D eigenvalue weighted by molar-refractivity contribution is 5.78. The van der Waals surface area contributed by atoms with Crippen LogP contribution in [0.3, 0.4) is 0 Å². The second-order valence-corrected chi connectivity index (χ2v) is 4.00. The topological polar surface area (TPSA) is 67.0 Å². The van der Waals surface area contributed by atoms with Crippen LogP contribution < -0.4 is 5.32 Å². The lowest BCUT2D eigenvalue weighted by molar-refractivity contribution is -0.127. The fourth-order valence-corrected chi connectivity index (χ4v) is 1.85. The molecule has 0 atom stereocenters. The number of amides is 1. The number of carbonyl (C=O) groups excluding carboxylic acids is 1. The van der Waals surface area contributed by atoms with Gasteiger partial charge in [0.15, 0.2) is 0 Å². The van der Waals surface area contributed by atoms with Crippen LogP contribution in [0.4, 0.5) is 0 Å². The van der Waals surface area contributed by atoms with Crippen molar-refractivity contribution in [3.8, 4) is 0 Å². The van der Waals surface area contributed by atoms with Crippen LogP contribution in [0.2, 0.25) is 0 Å². The Balaban J connectivity index is 1.67. The van der Waals surface area contributed by atoms with Gasteiger partial charge >= 0.3 is 0 Å². The molecule has 1 fully saturated rings. The summed E-state index contributed by atoms with van der Waals surface area (Å²) in [7, 11) is 0. The first-order valence-corrected chi connectivity index (χ1v) is 5.69. The van der Waals surface area contributed by atoms with Gasteiger partial charge in [0, 0.05) is 44.0 Å². The molecule has 0 spiro atoms. The van der Waals surface area contributed by atoms with Crippen LogP contribution in [-0.4, -0.2) is 35.6 Å². The number of imidazole rings is 1. The Hall–Kier alpha value is -1.36. The number of ether oxygens (including phenoxy) is 1. The van der Waals surface area contributed by atoms with Crippen LogP contribution in [0, 0.1) is 5.92 Å². The summed E-state index contributed by atoms with van der Waals surface area (Å²) in [5.41, 5.74) is 1.05. The molecule has 88 valence electrons. The molecule has 0 radical (unpaired) electrons. The van der Waals surface area contributed by atoms with Crippen LogP contribution in [-0.2, 0) is 16.0 Å². The van der Waals surface area contributed by atoms with E-state index in [0.717, 1.165) is 25.0 Å². The summed E-state index contributed by atoms with van der Waals surface area (Å²) >= 11 is 0. The monoisotopic (exact) mass is 223 g/mol. The summed E-state index contributed by atoms with van der Waals surface area (Å²) in [6, 6.07) is 0. The summed E-state index contributed by atoms with van der Waals surface area (Å²) in [4.78, 5) is 18.7. The van der Waals surface area contributed by atoms with Crippen molar-refractivity contribution in [2.45, 2.75) is 19.3 Å². The molecule has 0 aliphatic carbocycles. The van der Waals surface area contributed by atoms with Gasteiger partial charge in [-0.2, -0.15) is 0 Å². The van der Waals surface area contributed by atoms with E-state index >= 15 is 0 Å². The molecule has 1 aromatic rings. The average molecular weight is 223 g/mol. The molecule has 1 saturated heterocycles. The van der Waals surface area contributed by atoms with Crippen LogP contribution in [0.5, 0.6) is 0 Å². The van der Waals surface area contributed by atoms with Gasteiger partial charge in [-0.3, -0.25) is 4.79 Å². The number of carbonyl (C=O) groups is 1. The summed E-state index contributed by atoms with van der Waals surface area (Å²) in [5.74, 6) is 0.290. The zero-order chi connectivity index (χ0) is 11.2. The highest BCUT2D eigenvalue weighted by Gasteiger charge is 2.20. The average Bonchev–Trinajstić information content (AvgIpc) is 2.83. The molecule has 2 heterocycles. The Morgan fingerprint density at radius 1 is 1.56 bits per heavy atom. The third-order valence-corrected chi connectivity index (χ3v) is 2.84. The summed E-state index contributed by atoms with van der Waals surface area (Å²) < 4.78 is 5.22. The molecule has 16 heavy (non-hydrogen) atoms. The number of rotatable bonds is 4. The lowest BCUT2D eigenvalue weighted by Gasteiger charge is -2.21. The van der Waals surface area contributed by atoms with E-state index in [9.17, 15) is 4.79 Å². The smallest absolute Gasteiger partial charge is 0.223 e. The third-order valence-electron chi connectivity index (χ3n) is 2.84. The maximum absolute atomic E-state index is 11.7. The van der Waals surface area contributed by atoms with Crippen molar-refractivity contribution in [2.24, 2.45) is 5.92 Å². The van der Waals surface area contributed by atoms with Crippen molar-refractivity contribution in [3.63, 3.8) is 0 Å². The third kappa shape index (κ3) is 3.06. The molecule has 1 amide bonds. The molecule has 1 aliphatic rings. The first-order chi connectivity index (χ1) is 7.86. The van der Waals surface area contributed by atoms with E-state index in [4.69, 9.17) is 4.74 Å². The van der Waals surface area contributed by atoms with Crippen molar-refractivity contribution < 1.29 is 9.53 Å². The van der Waals surface area contributed by atoms with Crippen LogP contribution in [0.25, 0.3) is 0 Å². The van der Waals surface area contributed by atoms with Crippen LogP contribution in [0.15, 0.2) is 12.5 Å². The molecule has 0 aromatic carbocycles. The fraction of sp³-hybridized carbons (Fsp3) is 0.636. The molecule has 2 rings (SSSR count). The number of aromatic amines is 1. The van der Waals surface area contributed by atoms with Gasteiger partial charge in [-0.25, -0.2) is 4.98 Å². The van der Waals surface area contributed by atoms with Crippen molar-refractivity contribution >= 4 is 5.91 Å². The fourth-order valence-electron chi connectivity index (χ4n) is 1.85. The van der Waals surface area contributed by atoms with Gasteiger partial charge in [0.25, 0.3) is 0 Å². The lowest BCUT2D eigenvalue weighted by atomic mass is 9.99. The minimum atomic E-state index is 0.135. The molecule has 5 nitrogen and oxygen atoms in total. The van der Waals surface area contributed by atoms with Crippen LogP contribution in [0.1, 0.15) is 18.5 Å². The second kappa shape index (κ2) is 5.65. The first-order valence-electron chi connectivity index (χ1n) is 5.69. The first kappa shape index (κ1) is 11.1. The van der Waals surface area contributed by atoms with E-state index in [1.807, 2.05) is 0 Å². The maximum Gasteiger partial charge on any atom is 0.223 e. The van der Waals surface area contributed by atoms with Crippen molar-refractivity contribution in [2.75, 3.05) is 19.8 Å². The quantitative estimate of drug-likeness (QED) is 0.781. The Morgan fingerprint density at radius 3 is 3.06 bits per heavy atom. The molecular weight excluding hydrogens is 206 g/mol. The Kier molecular flexibility index (Phi) is 3.93. The highest BCUT2D eigenvalue weighted by Crippen LogP contribution is 2.14. The lowest BCUT2D eigenvalue weighted by Crippen LogP contribution is -2.35. The SMILES string of the molecule is O=C(NCCc1cnc[nH]1)C1CCOCC1. The van der Waals surface area contributed by atoms with Gasteiger partial charge in [0.1, 0.15) is 0 Å². The second-order valence-electron chi connectivity index (χ2n) is 4.00. The molecule has 1 aliphatic heterocycles. The van der Waals surface area contributed by atoms with Crippen molar-refractivity contribution in [1.82, 2.24) is 15.3 Å². The van der Waals surface area contributed by atoms with Gasteiger partial charge < -0.3 is 15.0 Å². The number of hydrogen-bond acceptors (Lipinski definition) is 3. The number of H-pyrrole nitrogens is 1. The largest absolute Gasteiger partial charge is 0.381 e. The summed E-state index contributed by atoms with van der Waals surface area (Å²) in [5, 5.41) is 2.95. The van der Waals surface area contributed by atoms with Gasteiger partial charge in [-0.1, -0.05) is 0 Å². The van der Waals surface area contributed by atoms with E-state index in [2.05, 4.69) is 15.3 Å². The van der Waals surface area contributed by atoms with E-state index in [0.29, 0.717) is 19.8 Å². The highest BCUT2D eigenvalue weighted by atomic mass is 16.5. The minimum Gasteiger partial charge on any atom is -0.381 e. The van der Waals surface area contributed by atoms with E-state index in [1.165, 1.54) is 0 Å². The predicted molar refractivity (Wildman–Crippen MR) is 58.8 cm³/mol. The Morgan fingerprint density at radius 2 is 2.38 bits per heavy atom. The molecular formula is C11H17N3O2. The number of aromatic nitrogens is 2. The zero-order valence-corrected chi connectivity index (χ0v) is 9.24. The number of hydrogen-bond donors (Lipinski definition) is 2. The molecule has 2 N–H and O–H groups in total. The molecule has 0 saturated carbocycles. The summed E-state index contributed by atoms with van der Waals surface area (Å²) in [6.07, 6.45) is 5.91. The Labute approximate surface area is 94.6 Å². The van der Waals surface area contributed by atoms with Gasteiger partial charge in [-0.15, -0.1) is 0 Å². The van der Waals surface area contributed by atoms with Gasteiger partial charge in [0.2, 0.25) is 5.91 Å². The molecule has 1 aromatic heterocycles. The standard InChI is InChI=1S/C11H17N3O2/c15-11(9-2-5-16-6-3-9)13-4-1-10-7-12-8-14-10/h7-9H,1-6H2,(H,12,14)(H,13,15). The van der Waals surface area contributed by atoms with Gasteiger partial charge in [0.05, 0.1) is 6.33 Å². The van der Waals surface area contributed by atoms with E-state index < -0.39 is 0 Å². The van der Waals surface area contributed by atoms with Crippen molar-refractivity contribution in [3.05, 3.63) is 18.2 Å². The summed E-state index contributed by atoms with van der Waals surface area (Å²) in [6.45, 7) is 2.08.